The van der Waals surface area contributed by atoms with Crippen LogP contribution in [-0.4, -0.2) is 59.6 Å². The van der Waals surface area contributed by atoms with E-state index in [9.17, 15) is 4.79 Å². The lowest BCUT2D eigenvalue weighted by atomic mass is 9.99. The third-order valence-corrected chi connectivity index (χ3v) is 3.64. The maximum absolute atomic E-state index is 10.7. The number of piperazine rings is 1. The lowest BCUT2D eigenvalue weighted by molar-refractivity contribution is -0.133. The van der Waals surface area contributed by atoms with Crippen LogP contribution in [-0.2, 0) is 4.79 Å². The van der Waals surface area contributed by atoms with Crippen molar-refractivity contribution in [2.24, 2.45) is 0 Å². The Morgan fingerprint density at radius 1 is 1.31 bits per heavy atom. The van der Waals surface area contributed by atoms with Gasteiger partial charge in [-0.15, -0.1) is 0 Å². The molecule has 1 unspecified atom stereocenters. The van der Waals surface area contributed by atoms with Gasteiger partial charge < -0.3 is 5.11 Å². The number of nitrogens with zero attached hydrogens (tertiary/aromatic N) is 2. The first-order chi connectivity index (χ1) is 7.66. The number of hydrogen-bond acceptors (Lipinski definition) is 3. The third kappa shape index (κ3) is 2.62. The summed E-state index contributed by atoms with van der Waals surface area (Å²) in [4.78, 5) is 15.5. The van der Waals surface area contributed by atoms with Crippen molar-refractivity contribution in [3.63, 3.8) is 0 Å². The average molecular weight is 224 g/mol. The van der Waals surface area contributed by atoms with Crippen molar-refractivity contribution in [3.8, 4) is 0 Å². The quantitative estimate of drug-likeness (QED) is 0.720. The summed E-state index contributed by atoms with van der Waals surface area (Å²) in [5, 5.41) is 8.81. The fraction of sp³-hybridized carbons (Fsp3) is 0.750. The Kier molecular flexibility index (Phi) is 3.61. The minimum absolute atomic E-state index is 0.309. The van der Waals surface area contributed by atoms with Gasteiger partial charge in [0.15, 0.2) is 0 Å². The molecule has 4 heteroatoms. The molecular formula is C12H20N2O2. The molecule has 0 aromatic carbocycles. The smallest absolute Gasteiger partial charge is 0.332 e. The first kappa shape index (κ1) is 11.6. The predicted molar refractivity (Wildman–Crippen MR) is 62.4 cm³/mol. The van der Waals surface area contributed by atoms with Gasteiger partial charge in [0.1, 0.15) is 0 Å². The predicted octanol–water partition coefficient (Wildman–Crippen LogP) is 0.797. The van der Waals surface area contributed by atoms with Crippen molar-refractivity contribution in [2.45, 2.75) is 25.3 Å². The van der Waals surface area contributed by atoms with Gasteiger partial charge in [0, 0.05) is 37.8 Å². The Morgan fingerprint density at radius 3 is 2.88 bits per heavy atom. The number of piperidine rings is 1. The standard InChI is InChI=1S/C12H20N2O2/c1-10(12(15)16)8-13-6-7-14-5-3-2-4-11(14)9-13/h11H,1-9H2,(H,15,16). The van der Waals surface area contributed by atoms with Crippen molar-refractivity contribution in [3.05, 3.63) is 12.2 Å². The van der Waals surface area contributed by atoms with Crippen LogP contribution in [0.3, 0.4) is 0 Å². The summed E-state index contributed by atoms with van der Waals surface area (Å²) in [7, 11) is 0. The Hall–Kier alpha value is -0.870. The first-order valence-corrected chi connectivity index (χ1v) is 6.04. The van der Waals surface area contributed by atoms with Crippen molar-refractivity contribution in [1.82, 2.24) is 9.80 Å². The van der Waals surface area contributed by atoms with Gasteiger partial charge in [0.05, 0.1) is 0 Å². The third-order valence-electron chi connectivity index (χ3n) is 3.64. The molecule has 0 spiro atoms. The van der Waals surface area contributed by atoms with Crippen molar-refractivity contribution in [2.75, 3.05) is 32.7 Å². The number of carboxylic acid groups (broad SMARTS) is 1. The zero-order valence-electron chi connectivity index (χ0n) is 9.69. The van der Waals surface area contributed by atoms with Gasteiger partial charge in [-0.3, -0.25) is 9.80 Å². The summed E-state index contributed by atoms with van der Waals surface area (Å²) >= 11 is 0. The molecule has 1 atom stereocenters. The van der Waals surface area contributed by atoms with E-state index >= 15 is 0 Å². The van der Waals surface area contributed by atoms with Crippen LogP contribution in [0.5, 0.6) is 0 Å². The maximum Gasteiger partial charge on any atom is 0.332 e. The van der Waals surface area contributed by atoms with Gasteiger partial charge in [0.2, 0.25) is 0 Å². The van der Waals surface area contributed by atoms with Crippen LogP contribution >= 0.6 is 0 Å². The number of fused-ring (bicyclic) bond motifs is 1. The fourth-order valence-corrected chi connectivity index (χ4v) is 2.70. The van der Waals surface area contributed by atoms with Crippen LogP contribution in [0, 0.1) is 0 Å². The zero-order valence-corrected chi connectivity index (χ0v) is 9.69. The second kappa shape index (κ2) is 4.97. The number of hydrogen-bond donors (Lipinski definition) is 1. The summed E-state index contributed by atoms with van der Waals surface area (Å²) in [6.45, 7) is 8.39. The number of carbonyl (C=O) groups is 1. The second-order valence-corrected chi connectivity index (χ2v) is 4.83. The van der Waals surface area contributed by atoms with Crippen molar-refractivity contribution < 1.29 is 9.90 Å². The van der Waals surface area contributed by atoms with E-state index in [1.165, 1.54) is 25.8 Å². The summed E-state index contributed by atoms with van der Waals surface area (Å²) in [6.07, 6.45) is 3.89. The number of rotatable bonds is 3. The fourth-order valence-electron chi connectivity index (χ4n) is 2.70. The van der Waals surface area contributed by atoms with Crippen LogP contribution < -0.4 is 0 Å². The summed E-state index contributed by atoms with van der Waals surface area (Å²) in [5.74, 6) is -0.869. The molecule has 0 aliphatic carbocycles. The van der Waals surface area contributed by atoms with Gasteiger partial charge in [0.25, 0.3) is 0 Å². The molecule has 2 heterocycles. The van der Waals surface area contributed by atoms with Gasteiger partial charge in [-0.2, -0.15) is 0 Å². The first-order valence-electron chi connectivity index (χ1n) is 6.04. The molecule has 2 aliphatic heterocycles. The molecule has 0 amide bonds. The Labute approximate surface area is 96.5 Å². The summed E-state index contributed by atoms with van der Waals surface area (Å²) in [5.41, 5.74) is 0.309. The van der Waals surface area contributed by atoms with Crippen molar-refractivity contribution >= 4 is 5.97 Å². The normalized spacial score (nSPS) is 27.4. The van der Waals surface area contributed by atoms with E-state index in [2.05, 4.69) is 16.4 Å². The topological polar surface area (TPSA) is 43.8 Å². The molecule has 2 saturated heterocycles. The molecule has 1 N–H and O–H groups in total. The molecule has 0 bridgehead atoms. The molecule has 90 valence electrons. The van der Waals surface area contributed by atoms with Gasteiger partial charge in [-0.25, -0.2) is 4.79 Å². The van der Waals surface area contributed by atoms with E-state index in [1.54, 1.807) is 0 Å². The van der Waals surface area contributed by atoms with Gasteiger partial charge in [-0.05, 0) is 19.4 Å². The molecule has 2 aliphatic rings. The number of carboxylic acids is 1. The van der Waals surface area contributed by atoms with E-state index < -0.39 is 5.97 Å². The molecular weight excluding hydrogens is 204 g/mol. The molecule has 2 rings (SSSR count). The largest absolute Gasteiger partial charge is 0.478 e. The summed E-state index contributed by atoms with van der Waals surface area (Å²) < 4.78 is 0. The highest BCUT2D eigenvalue weighted by Crippen LogP contribution is 2.21. The second-order valence-electron chi connectivity index (χ2n) is 4.83. The summed E-state index contributed by atoms with van der Waals surface area (Å²) in [6, 6.07) is 0.643. The minimum atomic E-state index is -0.869. The molecule has 0 radical (unpaired) electrons. The van der Waals surface area contributed by atoms with E-state index in [-0.39, 0.29) is 0 Å². The van der Waals surface area contributed by atoms with Gasteiger partial charge in [-0.1, -0.05) is 13.0 Å². The van der Waals surface area contributed by atoms with Crippen LogP contribution in [0.15, 0.2) is 12.2 Å². The van der Waals surface area contributed by atoms with E-state index in [0.29, 0.717) is 18.2 Å². The SMILES string of the molecule is C=C(CN1CCN2CCCCC2C1)C(=O)O. The van der Waals surface area contributed by atoms with Crippen LogP contribution in [0.2, 0.25) is 0 Å². The Balaban J connectivity index is 1.85. The highest BCUT2D eigenvalue weighted by molar-refractivity contribution is 5.86. The molecule has 4 nitrogen and oxygen atoms in total. The number of aliphatic carboxylic acids is 1. The van der Waals surface area contributed by atoms with Crippen molar-refractivity contribution in [1.29, 1.82) is 0 Å². The molecule has 0 saturated carbocycles. The Bertz CT molecular complexity index is 291. The minimum Gasteiger partial charge on any atom is -0.478 e. The lowest BCUT2D eigenvalue weighted by Gasteiger charge is -2.44. The molecule has 0 aromatic heterocycles. The Morgan fingerprint density at radius 2 is 2.12 bits per heavy atom. The van der Waals surface area contributed by atoms with E-state index in [0.717, 1.165) is 19.6 Å². The molecule has 0 aromatic rings. The van der Waals surface area contributed by atoms with Crippen LogP contribution in [0.1, 0.15) is 19.3 Å². The maximum atomic E-state index is 10.7. The average Bonchev–Trinajstić information content (AvgIpc) is 2.28. The van der Waals surface area contributed by atoms with E-state index in [1.807, 2.05) is 0 Å². The highest BCUT2D eigenvalue weighted by atomic mass is 16.4. The zero-order chi connectivity index (χ0) is 11.5. The van der Waals surface area contributed by atoms with E-state index in [4.69, 9.17) is 5.11 Å². The lowest BCUT2D eigenvalue weighted by Crippen LogP contribution is -2.55. The molecule has 2 fully saturated rings. The van der Waals surface area contributed by atoms with Crippen LogP contribution in [0.25, 0.3) is 0 Å². The highest BCUT2D eigenvalue weighted by Gasteiger charge is 2.29. The van der Waals surface area contributed by atoms with Crippen LogP contribution in [0.4, 0.5) is 0 Å². The molecule has 16 heavy (non-hydrogen) atoms. The van der Waals surface area contributed by atoms with Gasteiger partial charge >= 0.3 is 5.97 Å². The monoisotopic (exact) mass is 224 g/mol.